The van der Waals surface area contributed by atoms with Crippen molar-refractivity contribution in [2.75, 3.05) is 0 Å². The van der Waals surface area contributed by atoms with Crippen molar-refractivity contribution in [1.29, 1.82) is 0 Å². The van der Waals surface area contributed by atoms with Gasteiger partial charge in [0.15, 0.2) is 5.78 Å². The maximum Gasteiger partial charge on any atom is 0.335 e. The van der Waals surface area contributed by atoms with Gasteiger partial charge >= 0.3 is 5.97 Å². The van der Waals surface area contributed by atoms with Crippen LogP contribution in [0.2, 0.25) is 0 Å². The monoisotopic (exact) mass is 264 g/mol. The Labute approximate surface area is 116 Å². The van der Waals surface area contributed by atoms with Crippen molar-refractivity contribution < 1.29 is 14.7 Å². The van der Waals surface area contributed by atoms with Crippen LogP contribution in [0.5, 0.6) is 0 Å². The Kier molecular flexibility index (Phi) is 2.95. The summed E-state index contributed by atoms with van der Waals surface area (Å²) < 4.78 is 0. The number of rotatable bonds is 2. The van der Waals surface area contributed by atoms with Crippen molar-refractivity contribution in [3.05, 3.63) is 76.4 Å². The van der Waals surface area contributed by atoms with Crippen LogP contribution in [0.4, 0.5) is 0 Å². The van der Waals surface area contributed by atoms with E-state index in [9.17, 15) is 9.59 Å². The standard InChI is InChI=1S/C17H12O3/c18-16-14(10-13-3-1-2-4-15(13)16)9-11-5-7-12(8-6-11)17(19)20/h1-9H,10H2,(H,19,20)/b14-9+. The quantitative estimate of drug-likeness (QED) is 0.847. The summed E-state index contributed by atoms with van der Waals surface area (Å²) in [5.74, 6) is -0.892. The van der Waals surface area contributed by atoms with E-state index in [0.717, 1.165) is 22.3 Å². The van der Waals surface area contributed by atoms with Crippen molar-refractivity contribution in [1.82, 2.24) is 0 Å². The van der Waals surface area contributed by atoms with Gasteiger partial charge in [0.2, 0.25) is 0 Å². The number of hydrogen-bond donors (Lipinski definition) is 1. The first-order chi connectivity index (χ1) is 9.65. The average molecular weight is 264 g/mol. The fraction of sp³-hybridized carbons (Fsp3) is 0.0588. The summed E-state index contributed by atoms with van der Waals surface area (Å²) in [5, 5.41) is 8.85. The summed E-state index contributed by atoms with van der Waals surface area (Å²) in [4.78, 5) is 23.0. The number of fused-ring (bicyclic) bond motifs is 1. The molecule has 0 saturated heterocycles. The molecule has 0 amide bonds. The SMILES string of the molecule is O=C(O)c1ccc(/C=C2\Cc3ccccc3C2=O)cc1. The van der Waals surface area contributed by atoms with Gasteiger partial charge in [0.05, 0.1) is 5.56 Å². The van der Waals surface area contributed by atoms with Gasteiger partial charge in [-0.25, -0.2) is 4.79 Å². The largest absolute Gasteiger partial charge is 0.478 e. The molecule has 0 aliphatic heterocycles. The van der Waals surface area contributed by atoms with Gasteiger partial charge in [-0.1, -0.05) is 36.4 Å². The number of allylic oxidation sites excluding steroid dienone is 1. The molecule has 0 radical (unpaired) electrons. The second-order valence-corrected chi connectivity index (χ2v) is 4.76. The zero-order chi connectivity index (χ0) is 14.1. The maximum atomic E-state index is 12.2. The van der Waals surface area contributed by atoms with E-state index >= 15 is 0 Å². The fourth-order valence-corrected chi connectivity index (χ4v) is 2.39. The first-order valence-electron chi connectivity index (χ1n) is 6.32. The van der Waals surface area contributed by atoms with E-state index in [1.54, 1.807) is 24.3 Å². The summed E-state index contributed by atoms with van der Waals surface area (Å²) in [5.41, 5.74) is 3.64. The number of aromatic carboxylic acids is 1. The summed E-state index contributed by atoms with van der Waals surface area (Å²) in [6.07, 6.45) is 2.46. The number of ketones is 1. The first kappa shape index (κ1) is 12.4. The Balaban J connectivity index is 1.91. The van der Waals surface area contributed by atoms with Gasteiger partial charge in [0, 0.05) is 17.6 Å². The van der Waals surface area contributed by atoms with Crippen LogP contribution in [0.25, 0.3) is 6.08 Å². The van der Waals surface area contributed by atoms with Crippen molar-refractivity contribution >= 4 is 17.8 Å². The lowest BCUT2D eigenvalue weighted by atomic mass is 10.1. The lowest BCUT2D eigenvalue weighted by molar-refractivity contribution is 0.0696. The van der Waals surface area contributed by atoms with Crippen LogP contribution in [-0.2, 0) is 6.42 Å². The van der Waals surface area contributed by atoms with E-state index in [-0.39, 0.29) is 11.3 Å². The van der Waals surface area contributed by atoms with Crippen LogP contribution in [0.1, 0.15) is 31.8 Å². The molecule has 20 heavy (non-hydrogen) atoms. The van der Waals surface area contributed by atoms with E-state index < -0.39 is 5.97 Å². The summed E-state index contributed by atoms with van der Waals surface area (Å²) >= 11 is 0. The molecule has 0 saturated carbocycles. The molecule has 98 valence electrons. The molecule has 0 fully saturated rings. The van der Waals surface area contributed by atoms with E-state index in [0.29, 0.717) is 6.42 Å². The molecule has 1 aliphatic carbocycles. The second-order valence-electron chi connectivity index (χ2n) is 4.76. The number of hydrogen-bond acceptors (Lipinski definition) is 2. The number of carbonyl (C=O) groups excluding carboxylic acids is 1. The maximum absolute atomic E-state index is 12.2. The first-order valence-corrected chi connectivity index (χ1v) is 6.32. The highest BCUT2D eigenvalue weighted by Gasteiger charge is 2.23. The Morgan fingerprint density at radius 1 is 1.05 bits per heavy atom. The van der Waals surface area contributed by atoms with E-state index in [1.165, 1.54) is 0 Å². The number of carboxylic acids is 1. The average Bonchev–Trinajstić information content (AvgIpc) is 2.77. The minimum Gasteiger partial charge on any atom is -0.478 e. The number of Topliss-reactive ketones (excluding diaryl/α,β-unsaturated/α-hetero) is 1. The van der Waals surface area contributed by atoms with Gasteiger partial charge in [0.25, 0.3) is 0 Å². The molecule has 0 unspecified atom stereocenters. The highest BCUT2D eigenvalue weighted by molar-refractivity contribution is 6.15. The molecule has 2 aromatic rings. The molecule has 1 aliphatic rings. The zero-order valence-electron chi connectivity index (χ0n) is 10.7. The Bertz CT molecular complexity index is 724. The smallest absolute Gasteiger partial charge is 0.335 e. The Morgan fingerprint density at radius 3 is 2.40 bits per heavy atom. The van der Waals surface area contributed by atoms with Gasteiger partial charge in [-0.05, 0) is 29.3 Å². The van der Waals surface area contributed by atoms with Crippen LogP contribution in [-0.4, -0.2) is 16.9 Å². The van der Waals surface area contributed by atoms with E-state index in [2.05, 4.69) is 0 Å². The topological polar surface area (TPSA) is 54.4 Å². The summed E-state index contributed by atoms with van der Waals surface area (Å²) in [6.45, 7) is 0. The van der Waals surface area contributed by atoms with E-state index in [1.807, 2.05) is 30.3 Å². The van der Waals surface area contributed by atoms with E-state index in [4.69, 9.17) is 5.11 Å². The molecule has 0 heterocycles. The minimum absolute atomic E-state index is 0.0583. The van der Waals surface area contributed by atoms with Crippen LogP contribution in [0, 0.1) is 0 Å². The van der Waals surface area contributed by atoms with Gasteiger partial charge in [-0.2, -0.15) is 0 Å². The van der Waals surface area contributed by atoms with Crippen LogP contribution >= 0.6 is 0 Å². The van der Waals surface area contributed by atoms with Crippen molar-refractivity contribution in [3.8, 4) is 0 Å². The molecule has 2 aromatic carbocycles. The zero-order valence-corrected chi connectivity index (χ0v) is 10.7. The predicted octanol–water partition coefficient (Wildman–Crippen LogP) is 3.21. The molecule has 3 rings (SSSR count). The predicted molar refractivity (Wildman–Crippen MR) is 75.9 cm³/mol. The van der Waals surface area contributed by atoms with Gasteiger partial charge in [-0.15, -0.1) is 0 Å². The fourth-order valence-electron chi connectivity index (χ4n) is 2.39. The van der Waals surface area contributed by atoms with Crippen molar-refractivity contribution in [2.24, 2.45) is 0 Å². The van der Waals surface area contributed by atoms with Gasteiger partial charge in [0.1, 0.15) is 0 Å². The summed E-state index contributed by atoms with van der Waals surface area (Å²) in [7, 11) is 0. The minimum atomic E-state index is -0.950. The molecule has 3 nitrogen and oxygen atoms in total. The second kappa shape index (κ2) is 4.78. The van der Waals surface area contributed by atoms with Crippen LogP contribution in [0.15, 0.2) is 54.1 Å². The molecular weight excluding hydrogens is 252 g/mol. The highest BCUT2D eigenvalue weighted by Crippen LogP contribution is 2.27. The van der Waals surface area contributed by atoms with Crippen molar-refractivity contribution in [3.63, 3.8) is 0 Å². The highest BCUT2D eigenvalue weighted by atomic mass is 16.4. The molecule has 0 spiro atoms. The molecule has 0 atom stereocenters. The lowest BCUT2D eigenvalue weighted by Crippen LogP contribution is -1.96. The van der Waals surface area contributed by atoms with Crippen LogP contribution < -0.4 is 0 Å². The number of benzene rings is 2. The lowest BCUT2D eigenvalue weighted by Gasteiger charge is -1.98. The number of carbonyl (C=O) groups is 2. The molecule has 1 N–H and O–H groups in total. The third-order valence-electron chi connectivity index (χ3n) is 3.43. The Morgan fingerprint density at radius 2 is 1.75 bits per heavy atom. The summed E-state index contributed by atoms with van der Waals surface area (Å²) in [6, 6.07) is 14.1. The molecule has 3 heteroatoms. The van der Waals surface area contributed by atoms with Crippen LogP contribution in [0.3, 0.4) is 0 Å². The van der Waals surface area contributed by atoms with Gasteiger partial charge in [-0.3, -0.25) is 4.79 Å². The molecular formula is C17H12O3. The third-order valence-corrected chi connectivity index (χ3v) is 3.43. The number of carboxylic acid groups (broad SMARTS) is 1. The van der Waals surface area contributed by atoms with Gasteiger partial charge < -0.3 is 5.11 Å². The third kappa shape index (κ3) is 2.14. The normalized spacial score (nSPS) is 15.4. The Hall–Kier alpha value is -2.68. The molecule has 0 bridgehead atoms. The van der Waals surface area contributed by atoms with Crippen molar-refractivity contribution in [2.45, 2.75) is 6.42 Å². The molecule has 0 aromatic heterocycles.